The summed E-state index contributed by atoms with van der Waals surface area (Å²) in [5.74, 6) is 13.2. The molecule has 3 aliphatic heterocycles. The normalized spacial score (nSPS) is 54.0. The lowest BCUT2D eigenvalue weighted by atomic mass is 9.57. The molecule has 9 saturated carbocycles. The second kappa shape index (κ2) is 17.1. The Morgan fingerprint density at radius 2 is 0.759 bits per heavy atom. The smallest absolute Gasteiger partial charge is 0.0645 e. The van der Waals surface area contributed by atoms with Gasteiger partial charge in [0.05, 0.1) is 42.9 Å². The summed E-state index contributed by atoms with van der Waals surface area (Å²) in [6.07, 6.45) is 49.0. The van der Waals surface area contributed by atoms with Crippen LogP contribution in [0.25, 0.3) is 0 Å². The van der Waals surface area contributed by atoms with Crippen LogP contribution in [0, 0.1) is 88.8 Å². The molecular weight excluding hydrogens is 711 g/mol. The van der Waals surface area contributed by atoms with Crippen LogP contribution in [0.5, 0.6) is 0 Å². The fraction of sp³-hybridized carbons (Fsp3) is 1.00. The van der Waals surface area contributed by atoms with Crippen LogP contribution >= 0.6 is 0 Å². The molecule has 5 heteroatoms. The van der Waals surface area contributed by atoms with Gasteiger partial charge in [0.15, 0.2) is 0 Å². The number of hydrogen-bond donors (Lipinski definition) is 3. The van der Waals surface area contributed by atoms with E-state index in [0.717, 1.165) is 82.9 Å². The highest BCUT2D eigenvalue weighted by molar-refractivity contribution is 5.09. The fourth-order valence-electron chi connectivity index (χ4n) is 19.1. The number of nitrogens with one attached hydrogen (secondary N) is 3. The average molecular weight is 798 g/mol. The molecule has 20 atom stereocenters. The van der Waals surface area contributed by atoms with Crippen molar-refractivity contribution in [2.24, 2.45) is 88.8 Å². The van der Waals surface area contributed by atoms with Crippen LogP contribution < -0.4 is 16.0 Å². The molecule has 3 N–H and O–H groups in total. The SMILES string of the molecule is C1CCC(C2CCC3CC(C4NC(C5CCC6OC7CCCCC7C6C5)NC(C5CCC(C6CCCCC6)C6OC7CC8CCCCC8CC7C56)N4)CCC3C2)CC1. The largest absolute Gasteiger partial charge is 0.374 e. The van der Waals surface area contributed by atoms with Crippen LogP contribution in [0.3, 0.4) is 0 Å². The summed E-state index contributed by atoms with van der Waals surface area (Å²) in [6, 6.07) is 0. The molecular formula is C53H87N3O2. The molecule has 9 aliphatic carbocycles. The van der Waals surface area contributed by atoms with E-state index in [-0.39, 0.29) is 0 Å². The predicted octanol–water partition coefficient (Wildman–Crippen LogP) is 11.7. The molecule has 12 rings (SSSR count). The molecule has 12 fully saturated rings. The standard InChI is InChI=1S/C53H87N3O2/c1-3-11-32(12-4-1)36-19-20-38-28-39(22-21-37(38)27-36)51-54-52(40-23-26-47-44(30-40)42-17-9-10-18-46(42)57-47)56-53(55-51)43-25-24-41(33-13-5-2-6-14-33)50-49(43)45-29-34-15-7-8-16-35(34)31-48(45)58-50/h32-56H,1-31H2. The number of hydrogen-bond acceptors (Lipinski definition) is 5. The summed E-state index contributed by atoms with van der Waals surface area (Å²) in [5, 5.41) is 13.6. The maximum absolute atomic E-state index is 7.62. The molecule has 58 heavy (non-hydrogen) atoms. The highest BCUT2D eigenvalue weighted by atomic mass is 16.5. The van der Waals surface area contributed by atoms with Crippen molar-refractivity contribution in [1.82, 2.24) is 16.0 Å². The summed E-state index contributed by atoms with van der Waals surface area (Å²) in [6.45, 7) is 0. The van der Waals surface area contributed by atoms with Gasteiger partial charge in [0.2, 0.25) is 0 Å². The third-order valence-corrected chi connectivity index (χ3v) is 21.9. The first kappa shape index (κ1) is 39.4. The van der Waals surface area contributed by atoms with E-state index < -0.39 is 0 Å². The van der Waals surface area contributed by atoms with Gasteiger partial charge in [-0.1, -0.05) is 103 Å². The van der Waals surface area contributed by atoms with Gasteiger partial charge in [0.25, 0.3) is 0 Å². The van der Waals surface area contributed by atoms with Crippen LogP contribution in [0.1, 0.15) is 199 Å². The van der Waals surface area contributed by atoms with Gasteiger partial charge in [0.1, 0.15) is 0 Å². The zero-order valence-electron chi connectivity index (χ0n) is 36.9. The van der Waals surface area contributed by atoms with Crippen molar-refractivity contribution in [3.05, 3.63) is 0 Å². The molecule has 3 heterocycles. The predicted molar refractivity (Wildman–Crippen MR) is 234 cm³/mol. The Morgan fingerprint density at radius 3 is 1.53 bits per heavy atom. The van der Waals surface area contributed by atoms with E-state index >= 15 is 0 Å². The first-order valence-corrected chi connectivity index (χ1v) is 27.3. The Balaban J connectivity index is 0.809. The Kier molecular flexibility index (Phi) is 11.6. The van der Waals surface area contributed by atoms with Crippen molar-refractivity contribution in [3.63, 3.8) is 0 Å². The lowest BCUT2D eigenvalue weighted by Crippen LogP contribution is -2.74. The van der Waals surface area contributed by atoms with Gasteiger partial charge in [-0.2, -0.15) is 0 Å². The van der Waals surface area contributed by atoms with Crippen molar-refractivity contribution in [3.8, 4) is 0 Å². The molecule has 0 radical (unpaired) electrons. The van der Waals surface area contributed by atoms with E-state index in [0.29, 0.717) is 48.8 Å². The van der Waals surface area contributed by atoms with Crippen molar-refractivity contribution >= 4 is 0 Å². The quantitative estimate of drug-likeness (QED) is 0.259. The number of fused-ring (bicyclic) bond motifs is 8. The Bertz CT molecular complexity index is 1380. The molecule has 0 spiro atoms. The summed E-state index contributed by atoms with van der Waals surface area (Å²) < 4.78 is 14.5. The van der Waals surface area contributed by atoms with E-state index in [9.17, 15) is 0 Å². The molecule has 0 aromatic rings. The lowest BCUT2D eigenvalue weighted by molar-refractivity contribution is -0.0757. The Labute approximate surface area is 355 Å². The Morgan fingerprint density at radius 1 is 0.259 bits per heavy atom. The average Bonchev–Trinajstić information content (AvgIpc) is 3.86. The van der Waals surface area contributed by atoms with Crippen molar-refractivity contribution in [2.45, 2.75) is 242 Å². The molecule has 5 nitrogen and oxygen atoms in total. The molecule has 12 aliphatic rings. The molecule has 3 saturated heterocycles. The van der Waals surface area contributed by atoms with Gasteiger partial charge in [-0.25, -0.2) is 0 Å². The van der Waals surface area contributed by atoms with Gasteiger partial charge in [0, 0.05) is 0 Å². The molecule has 326 valence electrons. The number of rotatable bonds is 5. The van der Waals surface area contributed by atoms with E-state index in [2.05, 4.69) is 16.0 Å². The van der Waals surface area contributed by atoms with Crippen LogP contribution in [0.15, 0.2) is 0 Å². The van der Waals surface area contributed by atoms with E-state index in [4.69, 9.17) is 9.47 Å². The third kappa shape index (κ3) is 7.47. The first-order valence-electron chi connectivity index (χ1n) is 27.3. The summed E-state index contributed by atoms with van der Waals surface area (Å²) in [4.78, 5) is 0. The number of ether oxygens (including phenoxy) is 2. The maximum Gasteiger partial charge on any atom is 0.0645 e. The van der Waals surface area contributed by atoms with Crippen LogP contribution in [-0.2, 0) is 9.47 Å². The topological polar surface area (TPSA) is 54.5 Å². The zero-order valence-corrected chi connectivity index (χ0v) is 36.9. The molecule has 0 aromatic carbocycles. The van der Waals surface area contributed by atoms with Gasteiger partial charge in [-0.05, 0) is 185 Å². The lowest BCUT2D eigenvalue weighted by Gasteiger charge is -2.54. The summed E-state index contributed by atoms with van der Waals surface area (Å²) >= 11 is 0. The van der Waals surface area contributed by atoms with E-state index in [1.54, 1.807) is 25.7 Å². The van der Waals surface area contributed by atoms with Crippen molar-refractivity contribution in [2.75, 3.05) is 0 Å². The minimum Gasteiger partial charge on any atom is -0.374 e. The second-order valence-corrected chi connectivity index (χ2v) is 24.4. The van der Waals surface area contributed by atoms with Crippen LogP contribution in [0.2, 0.25) is 0 Å². The van der Waals surface area contributed by atoms with E-state index in [1.165, 1.54) is 173 Å². The van der Waals surface area contributed by atoms with Crippen LogP contribution in [0.4, 0.5) is 0 Å². The fourth-order valence-corrected chi connectivity index (χ4v) is 19.1. The van der Waals surface area contributed by atoms with E-state index in [1.807, 2.05) is 0 Å². The van der Waals surface area contributed by atoms with Gasteiger partial charge >= 0.3 is 0 Å². The minimum absolute atomic E-state index is 0.433. The van der Waals surface area contributed by atoms with Gasteiger partial charge < -0.3 is 9.47 Å². The maximum atomic E-state index is 7.62. The van der Waals surface area contributed by atoms with Crippen LogP contribution in [-0.4, -0.2) is 42.9 Å². The zero-order chi connectivity index (χ0) is 38.2. The molecule has 0 bridgehead atoms. The summed E-state index contributed by atoms with van der Waals surface area (Å²) in [5.41, 5.74) is 0. The monoisotopic (exact) mass is 798 g/mol. The van der Waals surface area contributed by atoms with Gasteiger partial charge in [-0.3, -0.25) is 16.0 Å². The molecule has 20 unspecified atom stereocenters. The Hall–Kier alpha value is -0.200. The highest BCUT2D eigenvalue weighted by Crippen LogP contribution is 2.59. The van der Waals surface area contributed by atoms with Crippen molar-refractivity contribution < 1.29 is 9.47 Å². The van der Waals surface area contributed by atoms with Gasteiger partial charge in [-0.15, -0.1) is 0 Å². The second-order valence-electron chi connectivity index (χ2n) is 24.4. The molecule has 0 aromatic heterocycles. The first-order chi connectivity index (χ1) is 28.7. The third-order valence-electron chi connectivity index (χ3n) is 21.9. The minimum atomic E-state index is 0.433. The highest BCUT2D eigenvalue weighted by Gasteiger charge is 2.59. The summed E-state index contributed by atoms with van der Waals surface area (Å²) in [7, 11) is 0. The molecule has 0 amide bonds. The van der Waals surface area contributed by atoms with Crippen molar-refractivity contribution in [1.29, 1.82) is 0 Å².